The highest BCUT2D eigenvalue weighted by Crippen LogP contribution is 2.46. The molecule has 0 radical (unpaired) electrons. The van der Waals surface area contributed by atoms with Crippen molar-refractivity contribution in [3.8, 4) is 39.1 Å². The minimum absolute atomic E-state index is 1.08. The standard InChI is InChI=1S/C56H38N2/c1-3-17-41(18-4-1)49-29-11-12-33-53(49)57(44-26-13-23-42(37-44)48-30-14-21-39-19-7-9-27-46(39)48)45-35-36-52-55(38-45)58(43-24-5-2-6-25-43)54-34-16-32-51(56(52)54)50-31-15-22-40-20-8-10-28-47(40)50/h1-38H. The lowest BCUT2D eigenvalue weighted by Gasteiger charge is -2.28. The molecule has 0 amide bonds. The molecule has 0 saturated carbocycles. The third-order valence-electron chi connectivity index (χ3n) is 11.6. The van der Waals surface area contributed by atoms with Crippen LogP contribution in [-0.4, -0.2) is 4.57 Å². The minimum Gasteiger partial charge on any atom is -0.310 e. The highest BCUT2D eigenvalue weighted by Gasteiger charge is 2.22. The molecule has 58 heavy (non-hydrogen) atoms. The molecule has 11 aromatic rings. The van der Waals surface area contributed by atoms with Crippen LogP contribution in [0.5, 0.6) is 0 Å². The summed E-state index contributed by atoms with van der Waals surface area (Å²) in [6.45, 7) is 0. The van der Waals surface area contributed by atoms with Crippen molar-refractivity contribution in [1.29, 1.82) is 0 Å². The van der Waals surface area contributed by atoms with Crippen LogP contribution in [-0.2, 0) is 0 Å². The van der Waals surface area contributed by atoms with E-state index in [9.17, 15) is 0 Å². The van der Waals surface area contributed by atoms with E-state index in [0.717, 1.165) is 28.3 Å². The molecule has 11 rings (SSSR count). The van der Waals surface area contributed by atoms with E-state index < -0.39 is 0 Å². The van der Waals surface area contributed by atoms with E-state index in [2.05, 4.69) is 240 Å². The molecule has 1 heterocycles. The van der Waals surface area contributed by atoms with Crippen molar-refractivity contribution in [1.82, 2.24) is 4.57 Å². The van der Waals surface area contributed by atoms with E-state index >= 15 is 0 Å². The summed E-state index contributed by atoms with van der Waals surface area (Å²) in [5.41, 5.74) is 14.0. The molecule has 2 nitrogen and oxygen atoms in total. The van der Waals surface area contributed by atoms with Gasteiger partial charge in [-0.3, -0.25) is 0 Å². The summed E-state index contributed by atoms with van der Waals surface area (Å²) in [4.78, 5) is 2.44. The Morgan fingerprint density at radius 3 is 1.66 bits per heavy atom. The largest absolute Gasteiger partial charge is 0.310 e. The maximum atomic E-state index is 2.44. The Kier molecular flexibility index (Phi) is 8.19. The minimum atomic E-state index is 1.08. The zero-order valence-electron chi connectivity index (χ0n) is 31.8. The summed E-state index contributed by atoms with van der Waals surface area (Å²) in [5, 5.41) is 7.44. The molecule has 10 aromatic carbocycles. The fourth-order valence-corrected chi connectivity index (χ4v) is 8.98. The lowest BCUT2D eigenvalue weighted by molar-refractivity contribution is 1.18. The molecule has 0 aliphatic heterocycles. The van der Waals surface area contributed by atoms with Gasteiger partial charge in [0.2, 0.25) is 0 Å². The molecule has 0 fully saturated rings. The van der Waals surface area contributed by atoms with Crippen molar-refractivity contribution in [2.45, 2.75) is 0 Å². The SMILES string of the molecule is c1ccc(-c2ccccc2N(c2cccc(-c3cccc4ccccc34)c2)c2ccc3c4c(-c5cccc6ccccc56)cccc4n(-c4ccccc4)c3c2)cc1. The average Bonchev–Trinajstić information content (AvgIpc) is 3.63. The predicted octanol–water partition coefficient (Wildman–Crippen LogP) is 15.6. The second-order valence-corrected chi connectivity index (χ2v) is 14.9. The summed E-state index contributed by atoms with van der Waals surface area (Å²) in [5.74, 6) is 0. The summed E-state index contributed by atoms with van der Waals surface area (Å²) in [6, 6.07) is 83.7. The van der Waals surface area contributed by atoms with E-state index in [4.69, 9.17) is 0 Å². The highest BCUT2D eigenvalue weighted by molar-refractivity contribution is 6.18. The van der Waals surface area contributed by atoms with Gasteiger partial charge in [0.1, 0.15) is 0 Å². The molecule has 272 valence electrons. The number of aromatic nitrogens is 1. The number of benzene rings is 10. The van der Waals surface area contributed by atoms with Gasteiger partial charge in [0.15, 0.2) is 0 Å². The number of fused-ring (bicyclic) bond motifs is 5. The molecule has 0 spiro atoms. The second kappa shape index (κ2) is 14.1. The summed E-state index contributed by atoms with van der Waals surface area (Å²) in [6.07, 6.45) is 0. The van der Waals surface area contributed by atoms with Gasteiger partial charge in [0, 0.05) is 33.4 Å². The van der Waals surface area contributed by atoms with Crippen LogP contribution in [0.4, 0.5) is 17.1 Å². The molecule has 0 atom stereocenters. The predicted molar refractivity (Wildman–Crippen MR) is 247 cm³/mol. The van der Waals surface area contributed by atoms with Crippen LogP contribution in [0.25, 0.3) is 82.4 Å². The Balaban J connectivity index is 1.19. The number of nitrogens with zero attached hydrogens (tertiary/aromatic N) is 2. The molecule has 2 heteroatoms. The Labute approximate surface area is 338 Å². The van der Waals surface area contributed by atoms with Crippen LogP contribution in [0.15, 0.2) is 231 Å². The van der Waals surface area contributed by atoms with Gasteiger partial charge in [-0.2, -0.15) is 0 Å². The normalized spacial score (nSPS) is 11.4. The summed E-state index contributed by atoms with van der Waals surface area (Å²) in [7, 11) is 0. The van der Waals surface area contributed by atoms with Crippen LogP contribution in [0.2, 0.25) is 0 Å². The van der Waals surface area contributed by atoms with Crippen LogP contribution in [0.3, 0.4) is 0 Å². The molecule has 1 aromatic heterocycles. The molecule has 0 unspecified atom stereocenters. The number of rotatable bonds is 7. The Morgan fingerprint density at radius 2 is 0.862 bits per heavy atom. The van der Waals surface area contributed by atoms with Crippen molar-refractivity contribution < 1.29 is 0 Å². The number of hydrogen-bond donors (Lipinski definition) is 0. The van der Waals surface area contributed by atoms with Crippen molar-refractivity contribution in [2.24, 2.45) is 0 Å². The smallest absolute Gasteiger partial charge is 0.0562 e. The topological polar surface area (TPSA) is 8.17 Å². The van der Waals surface area contributed by atoms with Gasteiger partial charge in [-0.25, -0.2) is 0 Å². The fourth-order valence-electron chi connectivity index (χ4n) is 8.98. The van der Waals surface area contributed by atoms with Crippen LogP contribution in [0, 0.1) is 0 Å². The summed E-state index contributed by atoms with van der Waals surface area (Å²) < 4.78 is 2.44. The first-order valence-corrected chi connectivity index (χ1v) is 19.9. The first-order valence-electron chi connectivity index (χ1n) is 19.9. The van der Waals surface area contributed by atoms with E-state index in [-0.39, 0.29) is 0 Å². The van der Waals surface area contributed by atoms with Crippen molar-refractivity contribution >= 4 is 60.4 Å². The van der Waals surface area contributed by atoms with Crippen molar-refractivity contribution in [3.05, 3.63) is 231 Å². The number of hydrogen-bond acceptors (Lipinski definition) is 1. The third kappa shape index (κ3) is 5.66. The van der Waals surface area contributed by atoms with Crippen LogP contribution >= 0.6 is 0 Å². The van der Waals surface area contributed by atoms with Crippen molar-refractivity contribution in [2.75, 3.05) is 4.90 Å². The van der Waals surface area contributed by atoms with Gasteiger partial charge in [0.25, 0.3) is 0 Å². The monoisotopic (exact) mass is 738 g/mol. The van der Waals surface area contributed by atoms with Crippen molar-refractivity contribution in [3.63, 3.8) is 0 Å². The molecular weight excluding hydrogens is 701 g/mol. The molecule has 0 aliphatic rings. The molecule has 0 aliphatic carbocycles. The van der Waals surface area contributed by atoms with Gasteiger partial charge >= 0.3 is 0 Å². The van der Waals surface area contributed by atoms with Gasteiger partial charge in [-0.05, 0) is 97.9 Å². The molecular formula is C56H38N2. The molecule has 0 N–H and O–H groups in total. The molecule has 0 bridgehead atoms. The van der Waals surface area contributed by atoms with E-state index in [0.29, 0.717) is 0 Å². The third-order valence-corrected chi connectivity index (χ3v) is 11.6. The molecule has 0 saturated heterocycles. The van der Waals surface area contributed by atoms with Gasteiger partial charge in [-0.15, -0.1) is 0 Å². The zero-order valence-corrected chi connectivity index (χ0v) is 31.8. The van der Waals surface area contributed by atoms with Gasteiger partial charge < -0.3 is 9.47 Å². The lowest BCUT2D eigenvalue weighted by Crippen LogP contribution is -2.11. The highest BCUT2D eigenvalue weighted by atomic mass is 15.1. The lowest BCUT2D eigenvalue weighted by atomic mass is 9.94. The first kappa shape index (κ1) is 33.6. The van der Waals surface area contributed by atoms with Gasteiger partial charge in [-0.1, -0.05) is 182 Å². The average molecular weight is 739 g/mol. The van der Waals surface area contributed by atoms with Gasteiger partial charge in [0.05, 0.1) is 16.7 Å². The fraction of sp³-hybridized carbons (Fsp3) is 0. The number of para-hydroxylation sites is 2. The summed E-state index contributed by atoms with van der Waals surface area (Å²) >= 11 is 0. The Morgan fingerprint density at radius 1 is 0.310 bits per heavy atom. The second-order valence-electron chi connectivity index (χ2n) is 14.9. The van der Waals surface area contributed by atoms with E-state index in [1.807, 2.05) is 0 Å². The Bertz CT molecular complexity index is 3280. The van der Waals surface area contributed by atoms with Crippen LogP contribution < -0.4 is 4.90 Å². The maximum absolute atomic E-state index is 2.44. The van der Waals surface area contributed by atoms with E-state index in [1.54, 1.807) is 0 Å². The zero-order chi connectivity index (χ0) is 38.4. The van der Waals surface area contributed by atoms with Crippen LogP contribution in [0.1, 0.15) is 0 Å². The number of anilines is 3. The quantitative estimate of drug-likeness (QED) is 0.158. The maximum Gasteiger partial charge on any atom is 0.0562 e. The van der Waals surface area contributed by atoms with E-state index in [1.165, 1.54) is 71.2 Å². The first-order chi connectivity index (χ1) is 28.8. The Hall–Kier alpha value is -7.68.